The highest BCUT2D eigenvalue weighted by Gasteiger charge is 2.45. The first kappa shape index (κ1) is 57.1. The lowest BCUT2D eigenvalue weighted by atomic mass is 9.95. The molecule has 0 radical (unpaired) electrons. The number of alkyl halides is 1. The van der Waals surface area contributed by atoms with Gasteiger partial charge in [0.15, 0.2) is 17.7 Å². The number of nitrogens with one attached hydrogen (secondary N) is 2. The molecule has 2 saturated heterocycles. The number of likely N-dealkylation sites (N-methyl/N-ethyl adjacent to an activating group) is 1. The van der Waals surface area contributed by atoms with E-state index in [2.05, 4.69) is 29.0 Å². The number of hydrogen-bond donors (Lipinski definition) is 3. The molecule has 4 atom stereocenters. The molecule has 0 aromatic heterocycles. The number of carbonyl (C=O) groups is 6. The van der Waals surface area contributed by atoms with Crippen LogP contribution in [0.25, 0.3) is 10.8 Å². The Balaban J connectivity index is 0.893. The molecule has 4 aromatic rings. The van der Waals surface area contributed by atoms with E-state index in [1.807, 2.05) is 31.3 Å². The maximum atomic E-state index is 14.2. The molecular formula is C58H72ClN7O12. The highest BCUT2D eigenvalue weighted by molar-refractivity contribution is 6.19. The van der Waals surface area contributed by atoms with E-state index in [1.54, 1.807) is 45.0 Å². The number of hydrogen-bond acceptors (Lipinski definition) is 13. The summed E-state index contributed by atoms with van der Waals surface area (Å²) in [7, 11) is 3.48. The number of ether oxygens (including phenoxy) is 5. The number of halogens is 1. The molecule has 20 heteroatoms. The van der Waals surface area contributed by atoms with Crippen LogP contribution in [-0.4, -0.2) is 147 Å². The smallest absolute Gasteiger partial charge is 0.416 e. The van der Waals surface area contributed by atoms with Crippen LogP contribution in [0.2, 0.25) is 0 Å². The summed E-state index contributed by atoms with van der Waals surface area (Å²) in [5.41, 5.74) is 2.94. The number of fused-ring (bicyclic) bond motifs is 5. The van der Waals surface area contributed by atoms with Gasteiger partial charge in [0.25, 0.3) is 5.91 Å². The topological polar surface area (TPSA) is 209 Å². The summed E-state index contributed by atoms with van der Waals surface area (Å²) in [4.78, 5) is 89.6. The lowest BCUT2D eigenvalue weighted by Crippen LogP contribution is -2.50. The third kappa shape index (κ3) is 13.4. The summed E-state index contributed by atoms with van der Waals surface area (Å²) in [6.07, 6.45) is 5.18. The third-order valence-corrected chi connectivity index (χ3v) is 15.2. The van der Waals surface area contributed by atoms with Gasteiger partial charge < -0.3 is 59.0 Å². The second-order valence-corrected chi connectivity index (χ2v) is 20.5. The van der Waals surface area contributed by atoms with Crippen LogP contribution in [0.1, 0.15) is 105 Å². The second-order valence-electron chi connectivity index (χ2n) is 20.2. The van der Waals surface area contributed by atoms with Crippen molar-refractivity contribution in [2.75, 3.05) is 87.6 Å². The van der Waals surface area contributed by atoms with Gasteiger partial charge in [-0.3, -0.25) is 14.4 Å². The van der Waals surface area contributed by atoms with Gasteiger partial charge in [-0.2, -0.15) is 0 Å². The number of carbonyl (C=O) groups excluding carboxylic acids is 6. The van der Waals surface area contributed by atoms with Crippen molar-refractivity contribution in [3.63, 3.8) is 0 Å². The van der Waals surface area contributed by atoms with E-state index < -0.39 is 42.5 Å². The number of aliphatic hydroxyl groups is 1. The van der Waals surface area contributed by atoms with Crippen molar-refractivity contribution in [2.24, 2.45) is 0 Å². The van der Waals surface area contributed by atoms with E-state index in [1.165, 1.54) is 25.3 Å². The minimum Gasteiger partial charge on any atom is -0.493 e. The molecule has 8 rings (SSSR count). The number of alkyl carbamates (subject to hydrolysis) is 1. The van der Waals surface area contributed by atoms with Crippen LogP contribution < -0.4 is 34.6 Å². The number of methoxy groups -OCH3 is 1. The Kier molecular flexibility index (Phi) is 19.8. The van der Waals surface area contributed by atoms with Gasteiger partial charge in [-0.25, -0.2) is 19.3 Å². The molecule has 0 aliphatic carbocycles. The van der Waals surface area contributed by atoms with Crippen LogP contribution >= 0.6 is 11.6 Å². The molecule has 418 valence electrons. The Hall–Kier alpha value is -7.09. The fourth-order valence-electron chi connectivity index (χ4n) is 10.6. The fourth-order valence-corrected chi connectivity index (χ4v) is 10.8. The van der Waals surface area contributed by atoms with Gasteiger partial charge in [0.05, 0.1) is 36.7 Å². The van der Waals surface area contributed by atoms with Crippen LogP contribution in [-0.2, 0) is 25.7 Å². The molecule has 4 unspecified atom stereocenters. The number of unbranched alkanes of at least 4 members (excludes halogenated alkanes) is 5. The highest BCUT2D eigenvalue weighted by Crippen LogP contribution is 2.46. The second kappa shape index (κ2) is 27.0. The summed E-state index contributed by atoms with van der Waals surface area (Å²) in [6.45, 7) is 9.10. The summed E-state index contributed by atoms with van der Waals surface area (Å²) in [5, 5.41) is 19.0. The van der Waals surface area contributed by atoms with Gasteiger partial charge in [-0.1, -0.05) is 81.7 Å². The predicted molar refractivity (Wildman–Crippen MR) is 297 cm³/mol. The monoisotopic (exact) mass is 1090 g/mol. The van der Waals surface area contributed by atoms with E-state index in [4.69, 9.17) is 35.3 Å². The minimum atomic E-state index is -1.44. The van der Waals surface area contributed by atoms with Crippen LogP contribution in [0.4, 0.5) is 31.4 Å². The zero-order valence-electron chi connectivity index (χ0n) is 44.8. The van der Waals surface area contributed by atoms with Crippen LogP contribution in [0.3, 0.4) is 0 Å². The van der Waals surface area contributed by atoms with Gasteiger partial charge >= 0.3 is 18.3 Å². The molecule has 4 heterocycles. The molecule has 0 bridgehead atoms. The number of amides is 6. The lowest BCUT2D eigenvalue weighted by molar-refractivity contribution is -0.119. The van der Waals surface area contributed by atoms with E-state index in [0.717, 1.165) is 60.0 Å². The van der Waals surface area contributed by atoms with Crippen LogP contribution in [0.15, 0.2) is 79.4 Å². The summed E-state index contributed by atoms with van der Waals surface area (Å²) in [5.74, 6) is 0.268. The number of anilines is 3. The van der Waals surface area contributed by atoms with Gasteiger partial charge in [-0.15, -0.1) is 11.6 Å². The first-order valence-electron chi connectivity index (χ1n) is 27.1. The van der Waals surface area contributed by atoms with Crippen LogP contribution in [0.5, 0.6) is 17.2 Å². The molecule has 2 fully saturated rings. The quantitative estimate of drug-likeness (QED) is 0.0382. The fraction of sp³-hybridized carbons (Fsp3) is 0.483. The number of nitrogens with zero attached hydrogens (tertiary/aromatic N) is 5. The normalized spacial score (nSPS) is 18.3. The molecular weight excluding hydrogens is 1020 g/mol. The number of benzene rings is 4. The van der Waals surface area contributed by atoms with Crippen molar-refractivity contribution >= 4 is 75.4 Å². The molecule has 4 aromatic carbocycles. The molecule has 78 heavy (non-hydrogen) atoms. The first-order valence-corrected chi connectivity index (χ1v) is 27.7. The summed E-state index contributed by atoms with van der Waals surface area (Å²) >= 11 is 6.54. The van der Waals surface area contributed by atoms with E-state index in [9.17, 15) is 33.9 Å². The van der Waals surface area contributed by atoms with E-state index >= 15 is 0 Å². The molecule has 4 aliphatic rings. The zero-order valence-corrected chi connectivity index (χ0v) is 45.6. The van der Waals surface area contributed by atoms with Crippen molar-refractivity contribution in [1.82, 2.24) is 20.0 Å². The lowest BCUT2D eigenvalue weighted by Gasteiger charge is -2.31. The molecule has 4 aliphatic heterocycles. The van der Waals surface area contributed by atoms with Crippen LogP contribution in [0, 0.1) is 0 Å². The third-order valence-electron chi connectivity index (χ3n) is 14.9. The van der Waals surface area contributed by atoms with Crippen molar-refractivity contribution in [3.8, 4) is 17.2 Å². The van der Waals surface area contributed by atoms with Crippen molar-refractivity contribution in [3.05, 3.63) is 96.1 Å². The minimum absolute atomic E-state index is 0.00973. The first-order chi connectivity index (χ1) is 37.8. The Morgan fingerprint density at radius 1 is 0.859 bits per heavy atom. The molecule has 0 spiro atoms. The maximum Gasteiger partial charge on any atom is 0.416 e. The Bertz CT molecular complexity index is 2810. The summed E-state index contributed by atoms with van der Waals surface area (Å²) < 4.78 is 28.9. The average Bonchev–Trinajstić information content (AvgIpc) is 4.13. The Labute approximate surface area is 460 Å². The number of piperazine rings is 1. The molecule has 3 N–H and O–H groups in total. The standard InChI is InChI=1S/C58H72ClN7O12/c1-5-7-8-10-18-44(61-56(71)76-30-6-2)53(68)60-40-23-21-38(22-24-40)37-77-58(73)66-46-33-50(49(74-4)32-43(46)54(69)64-25-15-19-45(64)55(66)70)75-31-14-9-11-20-51(67)65-36-39(35-59)52-42-17-13-12-16-41(42)48(34-47(52)65)78-57(72)63-28-26-62(3)27-29-63/h6,12-13,16-17,21-24,32-34,39,44-45,55,70H,2,5,7-11,14-15,18-20,25-31,35-37H2,1,3-4H3,(H,60,68)(H,61,71). The van der Waals surface area contributed by atoms with Crippen molar-refractivity contribution < 1.29 is 57.6 Å². The summed E-state index contributed by atoms with van der Waals surface area (Å²) in [6, 6.07) is 17.7. The largest absolute Gasteiger partial charge is 0.493 e. The van der Waals surface area contributed by atoms with E-state index in [-0.39, 0.29) is 66.7 Å². The van der Waals surface area contributed by atoms with Gasteiger partial charge in [0, 0.05) is 80.7 Å². The highest BCUT2D eigenvalue weighted by atomic mass is 35.5. The van der Waals surface area contributed by atoms with Crippen molar-refractivity contribution in [1.29, 1.82) is 0 Å². The SMILES string of the molecule is C=CCOC(=O)NC(CCCCCC)C(=O)Nc1ccc(COC(=O)N2c3cc(OCCCCCC(=O)N4CC(CCl)c5c4cc(OC(=O)N4CCN(C)CC4)c4ccccc54)c(OC)cc3C(=O)N3CCCC3C2O)cc1. The van der Waals surface area contributed by atoms with Crippen molar-refractivity contribution in [2.45, 2.75) is 108 Å². The number of rotatable bonds is 22. The van der Waals surface area contributed by atoms with E-state index in [0.29, 0.717) is 93.3 Å². The molecule has 0 saturated carbocycles. The average molecular weight is 1090 g/mol. The maximum absolute atomic E-state index is 14.2. The molecule has 6 amide bonds. The van der Waals surface area contributed by atoms with Gasteiger partial charge in [0.1, 0.15) is 25.0 Å². The number of aliphatic hydroxyl groups excluding tert-OH is 1. The predicted octanol–water partition coefficient (Wildman–Crippen LogP) is 9.17. The zero-order chi connectivity index (χ0) is 55.3. The Morgan fingerprint density at radius 2 is 1.60 bits per heavy atom. The Morgan fingerprint density at radius 3 is 2.33 bits per heavy atom. The van der Waals surface area contributed by atoms with Gasteiger partial charge in [0.2, 0.25) is 11.8 Å². The molecule has 19 nitrogen and oxygen atoms in total. The van der Waals surface area contributed by atoms with Gasteiger partial charge in [-0.05, 0) is 80.3 Å².